The molecular formula is C28H29FO12. The van der Waals surface area contributed by atoms with Crippen molar-refractivity contribution in [3.63, 3.8) is 0 Å². The molecule has 5 atom stereocenters. The van der Waals surface area contributed by atoms with Crippen LogP contribution in [-0.2, 0) is 49.3 Å². The van der Waals surface area contributed by atoms with Crippen LogP contribution in [0.25, 0.3) is 0 Å². The second-order valence-electron chi connectivity index (χ2n) is 9.09. The van der Waals surface area contributed by atoms with Crippen molar-refractivity contribution in [3.8, 4) is 11.5 Å². The number of rotatable bonds is 10. The number of ether oxygens (including phenoxy) is 6. The number of Topliss-reactive ketones (excluding diaryl/α,β-unsaturated/α-hetero) is 1. The number of carbonyl (C=O) groups is 5. The summed E-state index contributed by atoms with van der Waals surface area (Å²) in [5, 5.41) is 10.6. The summed E-state index contributed by atoms with van der Waals surface area (Å²) in [6.45, 7) is 3.96. The van der Waals surface area contributed by atoms with Crippen molar-refractivity contribution >= 4 is 29.7 Å². The highest BCUT2D eigenvalue weighted by atomic mass is 19.1. The third kappa shape index (κ3) is 8.73. The van der Waals surface area contributed by atoms with Gasteiger partial charge >= 0.3 is 23.9 Å². The van der Waals surface area contributed by atoms with E-state index in [1.807, 2.05) is 0 Å². The van der Waals surface area contributed by atoms with Crippen LogP contribution in [0.2, 0.25) is 0 Å². The zero-order valence-electron chi connectivity index (χ0n) is 22.7. The molecule has 1 heterocycles. The summed E-state index contributed by atoms with van der Waals surface area (Å²) in [7, 11) is 0. The number of esters is 4. The summed E-state index contributed by atoms with van der Waals surface area (Å²) in [6, 6.07) is 9.08. The first-order chi connectivity index (χ1) is 19.3. The van der Waals surface area contributed by atoms with Crippen LogP contribution in [0.1, 0.15) is 43.6 Å². The molecule has 0 bridgehead atoms. The monoisotopic (exact) mass is 576 g/mol. The van der Waals surface area contributed by atoms with Crippen LogP contribution in [0.3, 0.4) is 0 Å². The number of phenolic OH excluding ortho intramolecular Hbond substituents is 1. The Bertz CT molecular complexity index is 1290. The normalized spacial score (nSPS) is 21.7. The molecule has 2 aromatic rings. The summed E-state index contributed by atoms with van der Waals surface area (Å²) in [6.07, 6.45) is -7.13. The fourth-order valence-electron chi connectivity index (χ4n) is 4.12. The number of hydrogen-bond donors (Lipinski definition) is 1. The fourth-order valence-corrected chi connectivity index (χ4v) is 4.12. The zero-order chi connectivity index (χ0) is 30.3. The van der Waals surface area contributed by atoms with E-state index in [9.17, 15) is 33.5 Å². The number of halogens is 1. The molecule has 0 radical (unpaired) electrons. The van der Waals surface area contributed by atoms with Gasteiger partial charge < -0.3 is 33.5 Å². The Hall–Kier alpha value is -4.52. The van der Waals surface area contributed by atoms with E-state index in [-0.39, 0.29) is 17.7 Å². The van der Waals surface area contributed by atoms with Crippen molar-refractivity contribution in [2.24, 2.45) is 0 Å². The van der Waals surface area contributed by atoms with Crippen LogP contribution in [0, 0.1) is 5.82 Å². The average Bonchev–Trinajstić information content (AvgIpc) is 2.87. The summed E-state index contributed by atoms with van der Waals surface area (Å²) < 4.78 is 45.9. The molecule has 0 spiro atoms. The van der Waals surface area contributed by atoms with Crippen molar-refractivity contribution in [2.75, 3.05) is 6.61 Å². The van der Waals surface area contributed by atoms with E-state index in [0.717, 1.165) is 33.8 Å². The molecule has 1 fully saturated rings. The van der Waals surface area contributed by atoms with E-state index < -0.39 is 78.5 Å². The largest absolute Gasteiger partial charge is 0.507 e. The predicted molar refractivity (Wildman–Crippen MR) is 135 cm³/mol. The van der Waals surface area contributed by atoms with E-state index in [1.54, 1.807) is 0 Å². The highest BCUT2D eigenvalue weighted by molar-refractivity contribution is 6.00. The highest BCUT2D eigenvalue weighted by Gasteiger charge is 2.53. The molecule has 0 aliphatic carbocycles. The quantitative estimate of drug-likeness (QED) is 0.250. The molecule has 1 saturated heterocycles. The minimum Gasteiger partial charge on any atom is -0.507 e. The minimum atomic E-state index is -1.52. The third-order valence-electron chi connectivity index (χ3n) is 5.75. The van der Waals surface area contributed by atoms with Gasteiger partial charge in [-0.2, -0.15) is 0 Å². The van der Waals surface area contributed by atoms with Crippen LogP contribution in [0.15, 0.2) is 42.5 Å². The average molecular weight is 577 g/mol. The molecule has 0 aromatic heterocycles. The van der Waals surface area contributed by atoms with Crippen molar-refractivity contribution in [1.29, 1.82) is 0 Å². The van der Waals surface area contributed by atoms with Crippen LogP contribution in [-0.4, -0.2) is 72.1 Å². The molecule has 0 saturated carbocycles. The molecule has 12 nitrogen and oxygen atoms in total. The van der Waals surface area contributed by atoms with Gasteiger partial charge in [0.2, 0.25) is 12.4 Å². The van der Waals surface area contributed by atoms with E-state index in [1.165, 1.54) is 36.4 Å². The molecule has 1 aliphatic heterocycles. The Kier molecular flexibility index (Phi) is 10.4. The molecular weight excluding hydrogens is 547 g/mol. The number of benzene rings is 2. The first-order valence-corrected chi connectivity index (χ1v) is 12.4. The van der Waals surface area contributed by atoms with Crippen molar-refractivity contribution in [2.45, 2.75) is 64.8 Å². The van der Waals surface area contributed by atoms with Crippen LogP contribution in [0.4, 0.5) is 4.39 Å². The molecule has 3 rings (SSSR count). The number of ketones is 1. The Labute approximate surface area is 234 Å². The molecule has 1 aliphatic rings. The molecule has 13 heteroatoms. The lowest BCUT2D eigenvalue weighted by Crippen LogP contribution is -2.63. The lowest BCUT2D eigenvalue weighted by Gasteiger charge is -2.43. The first-order valence-electron chi connectivity index (χ1n) is 12.4. The smallest absolute Gasteiger partial charge is 0.303 e. The predicted octanol–water partition coefficient (Wildman–Crippen LogP) is 2.42. The van der Waals surface area contributed by atoms with Gasteiger partial charge in [-0.05, 0) is 29.8 Å². The van der Waals surface area contributed by atoms with Gasteiger partial charge in [-0.3, -0.25) is 24.0 Å². The van der Waals surface area contributed by atoms with Gasteiger partial charge in [0.1, 0.15) is 30.0 Å². The van der Waals surface area contributed by atoms with Crippen molar-refractivity contribution in [3.05, 3.63) is 59.4 Å². The Morgan fingerprint density at radius 3 is 1.95 bits per heavy atom. The zero-order valence-corrected chi connectivity index (χ0v) is 22.7. The van der Waals surface area contributed by atoms with Gasteiger partial charge in [0.05, 0.1) is 5.56 Å². The maximum atomic E-state index is 13.2. The van der Waals surface area contributed by atoms with Gasteiger partial charge in [-0.1, -0.05) is 12.1 Å². The molecule has 2 aromatic carbocycles. The number of aromatic hydroxyl groups is 1. The molecule has 1 N–H and O–H groups in total. The summed E-state index contributed by atoms with van der Waals surface area (Å²) in [5.41, 5.74) is 0.497. The molecule has 0 amide bonds. The minimum absolute atomic E-state index is 0.0387. The van der Waals surface area contributed by atoms with Gasteiger partial charge in [0.25, 0.3) is 0 Å². The Morgan fingerprint density at radius 1 is 0.805 bits per heavy atom. The van der Waals surface area contributed by atoms with E-state index in [2.05, 4.69) is 0 Å². The van der Waals surface area contributed by atoms with Gasteiger partial charge in [0.15, 0.2) is 18.0 Å². The Balaban J connectivity index is 1.90. The third-order valence-corrected chi connectivity index (χ3v) is 5.75. The van der Waals surface area contributed by atoms with Gasteiger partial charge in [-0.25, -0.2) is 4.39 Å². The Morgan fingerprint density at radius 2 is 1.39 bits per heavy atom. The SMILES string of the molecule is CC(=O)OC[C@@H]1O[C@@H](Oc2ccc(C(=O)Cc3ccc(F)cc3)c(O)c2)[C@H](OC(C)=O)[C@@H](OC(C)=O)[C@@H]1OC(C)=O. The van der Waals surface area contributed by atoms with Crippen LogP contribution >= 0.6 is 0 Å². The van der Waals surface area contributed by atoms with Crippen molar-refractivity contribution < 1.29 is 61.9 Å². The number of phenols is 1. The highest BCUT2D eigenvalue weighted by Crippen LogP contribution is 2.33. The first kappa shape index (κ1) is 31.0. The summed E-state index contributed by atoms with van der Waals surface area (Å²) in [5.74, 6) is -4.46. The van der Waals surface area contributed by atoms with E-state index >= 15 is 0 Å². The van der Waals surface area contributed by atoms with E-state index in [0.29, 0.717) is 5.56 Å². The van der Waals surface area contributed by atoms with Gasteiger partial charge in [-0.15, -0.1) is 0 Å². The van der Waals surface area contributed by atoms with Crippen LogP contribution in [0.5, 0.6) is 11.5 Å². The van der Waals surface area contributed by atoms with Gasteiger partial charge in [0, 0.05) is 40.2 Å². The topological polar surface area (TPSA) is 161 Å². The number of carbonyl (C=O) groups excluding carboxylic acids is 5. The molecule has 220 valence electrons. The molecule has 41 heavy (non-hydrogen) atoms. The maximum absolute atomic E-state index is 13.2. The second kappa shape index (κ2) is 13.7. The summed E-state index contributed by atoms with van der Waals surface area (Å²) in [4.78, 5) is 60.0. The molecule has 0 unspecified atom stereocenters. The maximum Gasteiger partial charge on any atom is 0.303 e. The van der Waals surface area contributed by atoms with Crippen molar-refractivity contribution in [1.82, 2.24) is 0 Å². The lowest BCUT2D eigenvalue weighted by molar-refractivity contribution is -0.288. The van der Waals surface area contributed by atoms with Crippen LogP contribution < -0.4 is 4.74 Å². The second-order valence-corrected chi connectivity index (χ2v) is 9.09. The standard InChI is InChI=1S/C28H29FO12/c1-14(30)36-13-24-25(37-15(2)31)26(38-16(3)32)27(39-17(4)33)28(41-24)40-20-9-10-21(23(35)12-20)22(34)11-18-5-7-19(29)8-6-18/h5-10,12,24-28,35H,11,13H2,1-4H3/t24-,25+,26-,27+,28+/m0/s1. The lowest BCUT2D eigenvalue weighted by atomic mass is 9.98. The fraction of sp³-hybridized carbons (Fsp3) is 0.393. The van der Waals surface area contributed by atoms with E-state index in [4.69, 9.17) is 28.4 Å². The summed E-state index contributed by atoms with van der Waals surface area (Å²) >= 11 is 0. The number of hydrogen-bond acceptors (Lipinski definition) is 12.